The highest BCUT2D eigenvalue weighted by Crippen LogP contribution is 2.28. The summed E-state index contributed by atoms with van der Waals surface area (Å²) in [4.78, 5) is 0. The van der Waals surface area contributed by atoms with Gasteiger partial charge in [-0.05, 0) is 38.3 Å². The number of para-hydroxylation sites is 1. The molecule has 0 spiro atoms. The van der Waals surface area contributed by atoms with Gasteiger partial charge in [0.1, 0.15) is 0 Å². The Morgan fingerprint density at radius 2 is 2.06 bits per heavy atom. The third kappa shape index (κ3) is 3.45. The molecule has 0 aromatic heterocycles. The summed E-state index contributed by atoms with van der Waals surface area (Å²) in [6.07, 6.45) is 5.96. The van der Waals surface area contributed by atoms with Crippen molar-refractivity contribution < 1.29 is 9.13 Å². The number of hydrogen-bond acceptors (Lipinski definition) is 2. The molecule has 0 atom stereocenters. The third-order valence-corrected chi connectivity index (χ3v) is 3.45. The fourth-order valence-corrected chi connectivity index (χ4v) is 2.43. The lowest BCUT2D eigenvalue weighted by atomic mass is 9.97. The minimum atomic E-state index is -0.240. The van der Waals surface area contributed by atoms with Gasteiger partial charge in [0.05, 0.1) is 6.10 Å². The second-order valence-electron chi connectivity index (χ2n) is 4.89. The van der Waals surface area contributed by atoms with E-state index in [1.54, 1.807) is 6.07 Å². The van der Waals surface area contributed by atoms with Gasteiger partial charge in [-0.2, -0.15) is 0 Å². The predicted octanol–water partition coefficient (Wildman–Crippen LogP) is 3.65. The maximum absolute atomic E-state index is 13.9. The maximum Gasteiger partial charge on any atom is 0.165 e. The van der Waals surface area contributed by atoms with Gasteiger partial charge in [0.15, 0.2) is 11.6 Å². The predicted molar refractivity (Wildman–Crippen MR) is 71.3 cm³/mol. The summed E-state index contributed by atoms with van der Waals surface area (Å²) in [7, 11) is 0. The molecule has 0 radical (unpaired) electrons. The standard InChI is InChI=1S/C15H22FNO/c1-2-17-11-12-7-6-10-14(16)15(12)18-13-8-4-3-5-9-13/h6-7,10,13,17H,2-5,8-9,11H2,1H3. The zero-order valence-corrected chi connectivity index (χ0v) is 11.0. The van der Waals surface area contributed by atoms with Crippen LogP contribution in [0.3, 0.4) is 0 Å². The zero-order valence-electron chi connectivity index (χ0n) is 11.0. The van der Waals surface area contributed by atoms with Crippen LogP contribution < -0.4 is 10.1 Å². The molecule has 1 saturated carbocycles. The van der Waals surface area contributed by atoms with Crippen LogP contribution in [0.15, 0.2) is 18.2 Å². The van der Waals surface area contributed by atoms with E-state index < -0.39 is 0 Å². The Morgan fingerprint density at radius 1 is 1.28 bits per heavy atom. The molecule has 1 fully saturated rings. The highest BCUT2D eigenvalue weighted by atomic mass is 19.1. The quantitative estimate of drug-likeness (QED) is 0.862. The Hall–Kier alpha value is -1.09. The van der Waals surface area contributed by atoms with Crippen molar-refractivity contribution in [1.29, 1.82) is 0 Å². The molecule has 0 amide bonds. The molecule has 0 heterocycles. The monoisotopic (exact) mass is 251 g/mol. The van der Waals surface area contributed by atoms with E-state index in [0.29, 0.717) is 12.3 Å². The Balaban J connectivity index is 2.08. The molecule has 1 aromatic carbocycles. The van der Waals surface area contributed by atoms with Crippen LogP contribution >= 0.6 is 0 Å². The van der Waals surface area contributed by atoms with Crippen LogP contribution in [0.1, 0.15) is 44.6 Å². The van der Waals surface area contributed by atoms with Gasteiger partial charge in [0.25, 0.3) is 0 Å². The van der Waals surface area contributed by atoms with Gasteiger partial charge in [-0.15, -0.1) is 0 Å². The summed E-state index contributed by atoms with van der Waals surface area (Å²) in [6.45, 7) is 3.58. The van der Waals surface area contributed by atoms with Gasteiger partial charge in [0, 0.05) is 12.1 Å². The Kier molecular flexibility index (Phi) is 5.00. The molecule has 3 heteroatoms. The van der Waals surface area contributed by atoms with E-state index in [2.05, 4.69) is 5.32 Å². The van der Waals surface area contributed by atoms with Gasteiger partial charge < -0.3 is 10.1 Å². The first-order valence-corrected chi connectivity index (χ1v) is 6.96. The van der Waals surface area contributed by atoms with Gasteiger partial charge in [-0.25, -0.2) is 4.39 Å². The van der Waals surface area contributed by atoms with Crippen molar-refractivity contribution in [1.82, 2.24) is 5.32 Å². The third-order valence-electron chi connectivity index (χ3n) is 3.45. The highest BCUT2D eigenvalue weighted by Gasteiger charge is 2.18. The number of benzene rings is 1. The van der Waals surface area contributed by atoms with Gasteiger partial charge in [-0.3, -0.25) is 0 Å². The highest BCUT2D eigenvalue weighted by molar-refractivity contribution is 5.35. The van der Waals surface area contributed by atoms with Crippen molar-refractivity contribution in [2.24, 2.45) is 0 Å². The van der Waals surface area contributed by atoms with Crippen LogP contribution in [0.2, 0.25) is 0 Å². The number of halogens is 1. The Labute approximate surface area is 109 Å². The topological polar surface area (TPSA) is 21.3 Å². The van der Waals surface area contributed by atoms with E-state index >= 15 is 0 Å². The fourth-order valence-electron chi connectivity index (χ4n) is 2.43. The lowest BCUT2D eigenvalue weighted by Crippen LogP contribution is -2.22. The summed E-state index contributed by atoms with van der Waals surface area (Å²) in [5.41, 5.74) is 0.919. The number of hydrogen-bond donors (Lipinski definition) is 1. The van der Waals surface area contributed by atoms with Gasteiger partial charge >= 0.3 is 0 Å². The second-order valence-corrected chi connectivity index (χ2v) is 4.89. The van der Waals surface area contributed by atoms with E-state index in [9.17, 15) is 4.39 Å². The van der Waals surface area contributed by atoms with Crippen molar-refractivity contribution >= 4 is 0 Å². The lowest BCUT2D eigenvalue weighted by Gasteiger charge is -2.24. The van der Waals surface area contributed by atoms with Crippen LogP contribution in [0, 0.1) is 5.82 Å². The summed E-state index contributed by atoms with van der Waals surface area (Å²) < 4.78 is 19.8. The Morgan fingerprint density at radius 3 is 2.78 bits per heavy atom. The average Bonchev–Trinajstić information content (AvgIpc) is 2.41. The van der Waals surface area contributed by atoms with E-state index in [0.717, 1.165) is 24.9 Å². The van der Waals surface area contributed by atoms with Crippen LogP contribution in [0.4, 0.5) is 4.39 Å². The molecular weight excluding hydrogens is 229 g/mol. The molecule has 2 nitrogen and oxygen atoms in total. The van der Waals surface area contributed by atoms with Crippen LogP contribution in [0.25, 0.3) is 0 Å². The van der Waals surface area contributed by atoms with Crippen molar-refractivity contribution in [2.45, 2.75) is 51.7 Å². The largest absolute Gasteiger partial charge is 0.487 e. The molecular formula is C15H22FNO. The molecule has 0 saturated heterocycles. The first kappa shape index (κ1) is 13.3. The summed E-state index contributed by atoms with van der Waals surface area (Å²) >= 11 is 0. The molecule has 1 N–H and O–H groups in total. The molecule has 0 unspecified atom stereocenters. The molecule has 18 heavy (non-hydrogen) atoms. The van der Waals surface area contributed by atoms with Crippen molar-refractivity contribution in [3.8, 4) is 5.75 Å². The normalized spacial score (nSPS) is 16.8. The molecule has 1 aliphatic carbocycles. The minimum absolute atomic E-state index is 0.191. The average molecular weight is 251 g/mol. The van der Waals surface area contributed by atoms with Crippen LogP contribution in [-0.4, -0.2) is 12.6 Å². The van der Waals surface area contributed by atoms with E-state index in [-0.39, 0.29) is 11.9 Å². The van der Waals surface area contributed by atoms with E-state index in [1.165, 1.54) is 25.3 Å². The second kappa shape index (κ2) is 6.74. The lowest BCUT2D eigenvalue weighted by molar-refractivity contribution is 0.147. The van der Waals surface area contributed by atoms with Crippen LogP contribution in [0.5, 0.6) is 5.75 Å². The van der Waals surface area contributed by atoms with Crippen molar-refractivity contribution in [3.63, 3.8) is 0 Å². The minimum Gasteiger partial charge on any atom is -0.487 e. The van der Waals surface area contributed by atoms with Gasteiger partial charge in [-0.1, -0.05) is 25.5 Å². The number of ether oxygens (including phenoxy) is 1. The summed E-state index contributed by atoms with van der Waals surface area (Å²) in [5.74, 6) is 0.210. The molecule has 1 aromatic rings. The fraction of sp³-hybridized carbons (Fsp3) is 0.600. The van der Waals surface area contributed by atoms with Crippen molar-refractivity contribution in [3.05, 3.63) is 29.6 Å². The maximum atomic E-state index is 13.9. The summed E-state index contributed by atoms with van der Waals surface area (Å²) in [5, 5.41) is 3.22. The SMILES string of the molecule is CCNCc1cccc(F)c1OC1CCCCC1. The van der Waals surface area contributed by atoms with Crippen LogP contribution in [-0.2, 0) is 6.54 Å². The molecule has 0 bridgehead atoms. The Bertz CT molecular complexity index is 375. The smallest absolute Gasteiger partial charge is 0.165 e. The molecule has 0 aliphatic heterocycles. The molecule has 100 valence electrons. The number of rotatable bonds is 5. The van der Waals surface area contributed by atoms with Crippen molar-refractivity contribution in [2.75, 3.05) is 6.54 Å². The first-order valence-electron chi connectivity index (χ1n) is 6.96. The molecule has 1 aliphatic rings. The van der Waals surface area contributed by atoms with E-state index in [1.807, 2.05) is 13.0 Å². The molecule has 2 rings (SSSR count). The van der Waals surface area contributed by atoms with Gasteiger partial charge in [0.2, 0.25) is 0 Å². The van der Waals surface area contributed by atoms with E-state index in [4.69, 9.17) is 4.74 Å². The zero-order chi connectivity index (χ0) is 12.8. The number of nitrogens with one attached hydrogen (secondary N) is 1. The summed E-state index contributed by atoms with van der Waals surface area (Å²) in [6, 6.07) is 5.16. The first-order chi connectivity index (χ1) is 8.81.